The fraction of sp³-hybridized carbons (Fsp3) is 0.800. The lowest BCUT2D eigenvalue weighted by Crippen LogP contribution is -2.46. The van der Waals surface area contributed by atoms with Gasteiger partial charge in [-0.1, -0.05) is 20.3 Å². The molecule has 7 heteroatoms. The molecule has 0 spiro atoms. The summed E-state index contributed by atoms with van der Waals surface area (Å²) < 4.78 is 0. The number of carboxylic acid groups (broad SMARTS) is 1. The van der Waals surface area contributed by atoms with Crippen molar-refractivity contribution in [2.45, 2.75) is 45.6 Å². The fourth-order valence-electron chi connectivity index (χ4n) is 2.63. The summed E-state index contributed by atoms with van der Waals surface area (Å²) in [6.45, 7) is 5.77. The minimum absolute atomic E-state index is 0.0631. The Hall–Kier alpha value is -1.63. The first-order valence-corrected chi connectivity index (χ1v) is 7.89. The van der Waals surface area contributed by atoms with Crippen molar-refractivity contribution < 1.29 is 19.5 Å². The number of nitrogens with zero attached hydrogens (tertiary/aromatic N) is 1. The Kier molecular flexibility index (Phi) is 7.31. The maximum Gasteiger partial charge on any atom is 0.326 e. The number of carbonyl (C=O) groups is 3. The number of nitrogens with one attached hydrogen (secondary N) is 1. The van der Waals surface area contributed by atoms with E-state index in [4.69, 9.17) is 10.8 Å². The van der Waals surface area contributed by atoms with Crippen LogP contribution in [-0.2, 0) is 14.4 Å². The van der Waals surface area contributed by atoms with Crippen molar-refractivity contribution in [3.05, 3.63) is 0 Å². The average molecular weight is 313 g/mol. The van der Waals surface area contributed by atoms with E-state index >= 15 is 0 Å². The van der Waals surface area contributed by atoms with E-state index in [0.717, 1.165) is 25.9 Å². The number of likely N-dealkylation sites (tertiary alicyclic amines) is 1. The van der Waals surface area contributed by atoms with Crippen molar-refractivity contribution in [1.82, 2.24) is 10.2 Å². The number of hydrogen-bond donors (Lipinski definition) is 3. The first kappa shape index (κ1) is 18.4. The molecule has 0 saturated carbocycles. The third-order valence-corrected chi connectivity index (χ3v) is 4.44. The van der Waals surface area contributed by atoms with Crippen LogP contribution in [-0.4, -0.2) is 53.5 Å². The first-order chi connectivity index (χ1) is 10.3. The minimum atomic E-state index is -0.995. The molecule has 1 heterocycles. The SMILES string of the molecule is CCC(C)C(NC(=O)CCN1CCC(C(N)=O)CC1)C(=O)O. The Morgan fingerprint density at radius 3 is 2.36 bits per heavy atom. The highest BCUT2D eigenvalue weighted by atomic mass is 16.4. The highest BCUT2D eigenvalue weighted by Gasteiger charge is 2.26. The summed E-state index contributed by atoms with van der Waals surface area (Å²) in [7, 11) is 0. The van der Waals surface area contributed by atoms with Gasteiger partial charge in [0.15, 0.2) is 0 Å². The second-order valence-corrected chi connectivity index (χ2v) is 6.04. The standard InChI is InChI=1S/C15H27N3O4/c1-3-10(2)13(15(21)22)17-12(19)6-9-18-7-4-11(5-8-18)14(16)20/h10-11,13H,3-9H2,1-2H3,(H2,16,20)(H,17,19)(H,21,22). The number of aliphatic carboxylic acids is 1. The molecule has 0 aromatic heterocycles. The predicted molar refractivity (Wildman–Crippen MR) is 82.0 cm³/mol. The Morgan fingerprint density at radius 2 is 1.91 bits per heavy atom. The lowest BCUT2D eigenvalue weighted by Gasteiger charge is -2.30. The number of carboxylic acids is 1. The molecule has 1 aliphatic heterocycles. The normalized spacial score (nSPS) is 19.4. The molecule has 7 nitrogen and oxygen atoms in total. The van der Waals surface area contributed by atoms with Crippen molar-refractivity contribution in [2.75, 3.05) is 19.6 Å². The van der Waals surface area contributed by atoms with Crippen LogP contribution in [0.25, 0.3) is 0 Å². The summed E-state index contributed by atoms with van der Waals surface area (Å²) in [5.41, 5.74) is 5.28. The van der Waals surface area contributed by atoms with Crippen LogP contribution in [0.2, 0.25) is 0 Å². The summed E-state index contributed by atoms with van der Waals surface area (Å²) in [5, 5.41) is 11.7. The van der Waals surface area contributed by atoms with Crippen molar-refractivity contribution >= 4 is 17.8 Å². The highest BCUT2D eigenvalue weighted by molar-refractivity contribution is 5.83. The maximum absolute atomic E-state index is 11.9. The molecule has 0 radical (unpaired) electrons. The average Bonchev–Trinajstić information content (AvgIpc) is 2.49. The minimum Gasteiger partial charge on any atom is -0.480 e. The number of amides is 2. The van der Waals surface area contributed by atoms with Gasteiger partial charge in [0.1, 0.15) is 6.04 Å². The van der Waals surface area contributed by atoms with E-state index in [0.29, 0.717) is 13.0 Å². The van der Waals surface area contributed by atoms with Gasteiger partial charge in [0.25, 0.3) is 0 Å². The van der Waals surface area contributed by atoms with Gasteiger partial charge in [0, 0.05) is 18.9 Å². The van der Waals surface area contributed by atoms with Crippen LogP contribution in [0.1, 0.15) is 39.5 Å². The smallest absolute Gasteiger partial charge is 0.326 e. The van der Waals surface area contributed by atoms with Gasteiger partial charge in [-0.2, -0.15) is 0 Å². The van der Waals surface area contributed by atoms with Crippen molar-refractivity contribution in [2.24, 2.45) is 17.6 Å². The molecule has 0 aliphatic carbocycles. The molecule has 2 unspecified atom stereocenters. The van der Waals surface area contributed by atoms with Gasteiger partial charge in [0.05, 0.1) is 0 Å². The van der Waals surface area contributed by atoms with E-state index in [-0.39, 0.29) is 30.1 Å². The lowest BCUT2D eigenvalue weighted by molar-refractivity contribution is -0.143. The number of rotatable bonds is 8. The van der Waals surface area contributed by atoms with Crippen molar-refractivity contribution in [3.63, 3.8) is 0 Å². The highest BCUT2D eigenvalue weighted by Crippen LogP contribution is 2.16. The summed E-state index contributed by atoms with van der Waals surface area (Å²) >= 11 is 0. The van der Waals surface area contributed by atoms with Crippen LogP contribution in [0.3, 0.4) is 0 Å². The molecular formula is C15H27N3O4. The van der Waals surface area contributed by atoms with Gasteiger partial charge in [-0.25, -0.2) is 4.79 Å². The second kappa shape index (κ2) is 8.73. The molecule has 0 bridgehead atoms. The molecule has 126 valence electrons. The third-order valence-electron chi connectivity index (χ3n) is 4.44. The maximum atomic E-state index is 11.9. The topological polar surface area (TPSA) is 113 Å². The zero-order valence-electron chi connectivity index (χ0n) is 13.4. The molecule has 22 heavy (non-hydrogen) atoms. The van der Waals surface area contributed by atoms with Crippen molar-refractivity contribution in [3.8, 4) is 0 Å². The quantitative estimate of drug-likeness (QED) is 0.592. The van der Waals surface area contributed by atoms with E-state index in [1.807, 2.05) is 13.8 Å². The number of hydrogen-bond acceptors (Lipinski definition) is 4. The predicted octanol–water partition coefficient (Wildman–Crippen LogP) is 0.189. The molecule has 0 aromatic carbocycles. The Balaban J connectivity index is 2.34. The first-order valence-electron chi connectivity index (χ1n) is 7.89. The van der Waals surface area contributed by atoms with E-state index in [1.165, 1.54) is 0 Å². The number of primary amides is 1. The number of piperidine rings is 1. The summed E-state index contributed by atoms with van der Waals surface area (Å²) in [5.74, 6) is -1.66. The van der Waals surface area contributed by atoms with Gasteiger partial charge < -0.3 is 21.1 Å². The summed E-state index contributed by atoms with van der Waals surface area (Å²) in [6.07, 6.45) is 2.41. The summed E-state index contributed by atoms with van der Waals surface area (Å²) in [4.78, 5) is 36.3. The zero-order valence-corrected chi connectivity index (χ0v) is 13.4. The van der Waals surface area contributed by atoms with Crippen LogP contribution in [0, 0.1) is 11.8 Å². The van der Waals surface area contributed by atoms with E-state index < -0.39 is 12.0 Å². The lowest BCUT2D eigenvalue weighted by atomic mass is 9.96. The molecule has 0 aromatic rings. The van der Waals surface area contributed by atoms with Gasteiger partial charge in [0.2, 0.25) is 11.8 Å². The molecule has 4 N–H and O–H groups in total. The van der Waals surface area contributed by atoms with Crippen LogP contribution in [0.4, 0.5) is 0 Å². The van der Waals surface area contributed by atoms with E-state index in [1.54, 1.807) is 0 Å². The molecule has 1 rings (SSSR count). The molecule has 2 atom stereocenters. The molecule has 1 saturated heterocycles. The van der Waals surface area contributed by atoms with Crippen LogP contribution in [0.15, 0.2) is 0 Å². The third kappa shape index (κ3) is 5.63. The van der Waals surface area contributed by atoms with Gasteiger partial charge in [-0.05, 0) is 31.8 Å². The van der Waals surface area contributed by atoms with Gasteiger partial charge in [-0.3, -0.25) is 9.59 Å². The largest absolute Gasteiger partial charge is 0.480 e. The van der Waals surface area contributed by atoms with E-state index in [2.05, 4.69) is 10.2 Å². The summed E-state index contributed by atoms with van der Waals surface area (Å²) in [6, 6.07) is -0.835. The van der Waals surface area contributed by atoms with Crippen LogP contribution < -0.4 is 11.1 Å². The molecule has 2 amide bonds. The number of nitrogens with two attached hydrogens (primary N) is 1. The van der Waals surface area contributed by atoms with Crippen molar-refractivity contribution in [1.29, 1.82) is 0 Å². The molecular weight excluding hydrogens is 286 g/mol. The Labute approximate surface area is 131 Å². The zero-order chi connectivity index (χ0) is 16.7. The molecule has 1 fully saturated rings. The second-order valence-electron chi connectivity index (χ2n) is 6.04. The monoisotopic (exact) mass is 313 g/mol. The van der Waals surface area contributed by atoms with Gasteiger partial charge in [-0.15, -0.1) is 0 Å². The Bertz CT molecular complexity index is 406. The van der Waals surface area contributed by atoms with E-state index in [9.17, 15) is 14.4 Å². The van der Waals surface area contributed by atoms with Crippen LogP contribution in [0.5, 0.6) is 0 Å². The number of carbonyl (C=O) groups excluding carboxylic acids is 2. The molecule has 1 aliphatic rings. The Morgan fingerprint density at radius 1 is 1.32 bits per heavy atom. The van der Waals surface area contributed by atoms with Gasteiger partial charge >= 0.3 is 5.97 Å². The fourth-order valence-corrected chi connectivity index (χ4v) is 2.63. The van der Waals surface area contributed by atoms with Crippen LogP contribution >= 0.6 is 0 Å².